The second-order valence-electron chi connectivity index (χ2n) is 5.18. The van der Waals surface area contributed by atoms with Crippen molar-refractivity contribution in [1.82, 2.24) is 0 Å². The molecule has 0 fully saturated rings. The van der Waals surface area contributed by atoms with Crippen LogP contribution in [-0.2, 0) is 0 Å². The van der Waals surface area contributed by atoms with Gasteiger partial charge in [0.25, 0.3) is 0 Å². The summed E-state index contributed by atoms with van der Waals surface area (Å²) in [5.41, 5.74) is 0.472. The molecule has 1 aliphatic carbocycles. The van der Waals surface area contributed by atoms with Crippen molar-refractivity contribution in [2.45, 2.75) is 6.10 Å². The van der Waals surface area contributed by atoms with Crippen LogP contribution >= 0.6 is 31.9 Å². The van der Waals surface area contributed by atoms with Crippen LogP contribution in [0.3, 0.4) is 0 Å². The molecule has 1 atom stereocenters. The lowest BCUT2D eigenvalue weighted by atomic mass is 9.93. The van der Waals surface area contributed by atoms with Crippen molar-refractivity contribution in [3.05, 3.63) is 51.4 Å². The molecule has 1 aliphatic heterocycles. The van der Waals surface area contributed by atoms with Gasteiger partial charge in [-0.3, -0.25) is 9.59 Å². The zero-order valence-corrected chi connectivity index (χ0v) is 15.0. The van der Waals surface area contributed by atoms with Gasteiger partial charge in [-0.1, -0.05) is 15.9 Å². The van der Waals surface area contributed by atoms with Crippen molar-refractivity contribution in [2.75, 3.05) is 6.79 Å². The molecule has 24 heavy (non-hydrogen) atoms. The molecule has 2 aromatic rings. The van der Waals surface area contributed by atoms with E-state index in [4.69, 9.17) is 13.9 Å². The number of aliphatic hydroxyl groups is 1. The SMILES string of the molecule is O=C(c1ccc2c(c1)OCO2)c1coc2c1C(=O)C(O)C(Br)=C2Br. The Balaban J connectivity index is 1.81. The minimum absolute atomic E-state index is 0.0558. The van der Waals surface area contributed by atoms with Gasteiger partial charge in [-0.25, -0.2) is 0 Å². The number of benzene rings is 1. The van der Waals surface area contributed by atoms with Gasteiger partial charge in [0.1, 0.15) is 12.4 Å². The fourth-order valence-corrected chi connectivity index (χ4v) is 3.50. The Kier molecular flexibility index (Phi) is 3.63. The van der Waals surface area contributed by atoms with E-state index in [0.717, 1.165) is 0 Å². The molecule has 0 radical (unpaired) electrons. The third-order valence-corrected chi connectivity index (χ3v) is 5.96. The minimum Gasteiger partial charge on any atom is -0.462 e. The fraction of sp³-hybridized carbons (Fsp3) is 0.125. The first-order chi connectivity index (χ1) is 11.5. The molecule has 0 bridgehead atoms. The number of halogens is 2. The highest BCUT2D eigenvalue weighted by Gasteiger charge is 2.37. The molecular weight excluding hydrogens is 448 g/mol. The highest BCUT2D eigenvalue weighted by atomic mass is 79.9. The summed E-state index contributed by atoms with van der Waals surface area (Å²) in [5, 5.41) is 10.0. The van der Waals surface area contributed by atoms with Gasteiger partial charge in [-0.05, 0) is 34.1 Å². The number of rotatable bonds is 2. The summed E-state index contributed by atoms with van der Waals surface area (Å²) in [6.45, 7) is 0.102. The Morgan fingerprint density at radius 1 is 1.21 bits per heavy atom. The van der Waals surface area contributed by atoms with Crippen LogP contribution in [0.4, 0.5) is 0 Å². The maximum absolute atomic E-state index is 12.8. The predicted molar refractivity (Wildman–Crippen MR) is 89.8 cm³/mol. The molecule has 8 heteroatoms. The van der Waals surface area contributed by atoms with E-state index in [-0.39, 0.29) is 28.2 Å². The van der Waals surface area contributed by atoms with E-state index >= 15 is 0 Å². The Bertz CT molecular complexity index is 927. The predicted octanol–water partition coefficient (Wildman–Crippen LogP) is 3.25. The van der Waals surface area contributed by atoms with Crippen LogP contribution in [0.25, 0.3) is 4.48 Å². The van der Waals surface area contributed by atoms with Gasteiger partial charge in [0.2, 0.25) is 12.6 Å². The van der Waals surface area contributed by atoms with E-state index in [1.165, 1.54) is 6.26 Å². The van der Waals surface area contributed by atoms with Crippen molar-refractivity contribution in [3.63, 3.8) is 0 Å². The first kappa shape index (κ1) is 15.6. The van der Waals surface area contributed by atoms with Crippen LogP contribution in [0, 0.1) is 0 Å². The van der Waals surface area contributed by atoms with E-state index in [9.17, 15) is 14.7 Å². The zero-order chi connectivity index (χ0) is 17.0. The van der Waals surface area contributed by atoms with Gasteiger partial charge < -0.3 is 19.0 Å². The molecule has 1 aromatic heterocycles. The van der Waals surface area contributed by atoms with Crippen LogP contribution < -0.4 is 9.47 Å². The van der Waals surface area contributed by atoms with E-state index in [0.29, 0.717) is 21.5 Å². The average molecular weight is 456 g/mol. The Morgan fingerprint density at radius 3 is 2.75 bits per heavy atom. The second kappa shape index (κ2) is 5.58. The molecular formula is C16H8Br2O6. The normalized spacial score (nSPS) is 18.8. The van der Waals surface area contributed by atoms with E-state index in [1.807, 2.05) is 0 Å². The molecule has 1 aromatic carbocycles. The highest BCUT2D eigenvalue weighted by molar-refractivity contribution is 9.16. The third kappa shape index (κ3) is 2.17. The Labute approximate surface area is 152 Å². The minimum atomic E-state index is -1.38. The van der Waals surface area contributed by atoms with Crippen molar-refractivity contribution in [3.8, 4) is 11.5 Å². The first-order valence-electron chi connectivity index (χ1n) is 6.82. The van der Waals surface area contributed by atoms with Crippen LogP contribution in [0.1, 0.15) is 32.0 Å². The number of aliphatic hydroxyl groups excluding tert-OH is 1. The van der Waals surface area contributed by atoms with Crippen molar-refractivity contribution < 1.29 is 28.6 Å². The number of hydrogen-bond acceptors (Lipinski definition) is 6. The lowest BCUT2D eigenvalue weighted by Crippen LogP contribution is -2.26. The number of carbonyl (C=O) groups excluding carboxylic acids is 2. The quantitative estimate of drug-likeness (QED) is 0.699. The molecule has 2 aliphatic rings. The first-order valence-corrected chi connectivity index (χ1v) is 8.41. The number of ether oxygens (including phenoxy) is 2. The number of furan rings is 1. The number of hydrogen-bond donors (Lipinski definition) is 1. The number of ketones is 2. The lowest BCUT2D eigenvalue weighted by Gasteiger charge is -2.17. The standard InChI is InChI=1S/C16H8Br2O6/c17-11-12(18)16-10(14(20)15(11)21)7(4-22-16)13(19)6-1-2-8-9(3-6)24-5-23-8/h1-4,15,21H,5H2. The number of Topliss-reactive ketones (excluding diaryl/α,β-unsaturated/α-hetero) is 1. The number of carbonyl (C=O) groups is 2. The molecule has 1 unspecified atom stereocenters. The van der Waals surface area contributed by atoms with E-state index < -0.39 is 17.7 Å². The van der Waals surface area contributed by atoms with Gasteiger partial charge >= 0.3 is 0 Å². The molecule has 0 saturated carbocycles. The topological polar surface area (TPSA) is 86.0 Å². The largest absolute Gasteiger partial charge is 0.462 e. The summed E-state index contributed by atoms with van der Waals surface area (Å²) < 4.78 is 16.5. The van der Waals surface area contributed by atoms with Crippen LogP contribution in [0.5, 0.6) is 11.5 Å². The van der Waals surface area contributed by atoms with E-state index in [1.54, 1.807) is 18.2 Å². The maximum atomic E-state index is 12.8. The van der Waals surface area contributed by atoms with Crippen LogP contribution in [0.15, 0.2) is 33.4 Å². The molecule has 6 nitrogen and oxygen atoms in total. The Morgan fingerprint density at radius 2 is 1.96 bits per heavy atom. The zero-order valence-electron chi connectivity index (χ0n) is 11.8. The second-order valence-corrected chi connectivity index (χ2v) is 6.83. The molecule has 1 N–H and O–H groups in total. The molecule has 2 heterocycles. The maximum Gasteiger partial charge on any atom is 0.231 e. The summed E-state index contributed by atoms with van der Waals surface area (Å²) >= 11 is 6.40. The van der Waals surface area contributed by atoms with Gasteiger partial charge in [0.05, 0.1) is 15.6 Å². The third-order valence-electron chi connectivity index (χ3n) is 3.81. The van der Waals surface area contributed by atoms with Gasteiger partial charge in [0, 0.05) is 10.0 Å². The summed E-state index contributed by atoms with van der Waals surface area (Å²) in [7, 11) is 0. The van der Waals surface area contributed by atoms with Crippen LogP contribution in [-0.4, -0.2) is 29.6 Å². The van der Waals surface area contributed by atoms with Crippen molar-refractivity contribution >= 4 is 47.9 Å². The lowest BCUT2D eigenvalue weighted by molar-refractivity contribution is 0.0808. The molecule has 0 spiro atoms. The van der Waals surface area contributed by atoms with E-state index in [2.05, 4.69) is 31.9 Å². The molecule has 0 saturated heterocycles. The average Bonchev–Trinajstić information content (AvgIpc) is 3.23. The summed E-state index contributed by atoms with van der Waals surface area (Å²) in [4.78, 5) is 25.2. The number of fused-ring (bicyclic) bond motifs is 2. The summed E-state index contributed by atoms with van der Waals surface area (Å²) in [6.07, 6.45) is -0.164. The summed E-state index contributed by atoms with van der Waals surface area (Å²) in [6, 6.07) is 4.76. The van der Waals surface area contributed by atoms with Crippen LogP contribution in [0.2, 0.25) is 0 Å². The Hall–Kier alpha value is -1.90. The smallest absolute Gasteiger partial charge is 0.231 e. The summed E-state index contributed by atoms with van der Waals surface area (Å²) in [5.74, 6) is 0.228. The molecule has 0 amide bonds. The molecule has 4 rings (SSSR count). The van der Waals surface area contributed by atoms with Crippen molar-refractivity contribution in [1.29, 1.82) is 0 Å². The van der Waals surface area contributed by atoms with Gasteiger partial charge in [-0.2, -0.15) is 0 Å². The van der Waals surface area contributed by atoms with Gasteiger partial charge in [0.15, 0.2) is 23.0 Å². The highest BCUT2D eigenvalue weighted by Crippen LogP contribution is 2.41. The van der Waals surface area contributed by atoms with Gasteiger partial charge in [-0.15, -0.1) is 0 Å². The van der Waals surface area contributed by atoms with Crippen molar-refractivity contribution in [2.24, 2.45) is 0 Å². The monoisotopic (exact) mass is 454 g/mol. The molecule has 122 valence electrons. The fourth-order valence-electron chi connectivity index (χ4n) is 2.60.